The van der Waals surface area contributed by atoms with Crippen molar-refractivity contribution in [1.29, 1.82) is 10.5 Å². The second kappa shape index (κ2) is 7.01. The number of benzene rings is 1. The van der Waals surface area contributed by atoms with Crippen LogP contribution in [0.1, 0.15) is 12.8 Å². The van der Waals surface area contributed by atoms with Gasteiger partial charge in [-0.3, -0.25) is 0 Å². The molecule has 0 heterocycles. The normalized spacial score (nSPS) is 9.41. The first-order valence-electron chi connectivity index (χ1n) is 5.13. The summed E-state index contributed by atoms with van der Waals surface area (Å²) in [6.07, 6.45) is 0.766. The molecule has 3 nitrogen and oxygen atoms in total. The first kappa shape index (κ1) is 13.6. The molecular formula is C12H11Cl2N3. The van der Waals surface area contributed by atoms with Gasteiger partial charge >= 0.3 is 0 Å². The number of halogens is 2. The van der Waals surface area contributed by atoms with Gasteiger partial charge in [-0.2, -0.15) is 10.5 Å². The van der Waals surface area contributed by atoms with Crippen LogP contribution in [0, 0.1) is 22.7 Å². The van der Waals surface area contributed by atoms with E-state index >= 15 is 0 Å². The molecule has 0 saturated carbocycles. The number of rotatable bonds is 5. The van der Waals surface area contributed by atoms with Crippen molar-refractivity contribution < 1.29 is 0 Å². The molecule has 0 saturated heterocycles. The third-order valence-electron chi connectivity index (χ3n) is 2.24. The summed E-state index contributed by atoms with van der Waals surface area (Å²) in [6, 6.07) is 9.33. The smallest absolute Gasteiger partial charge is 0.0640 e. The molecule has 5 heteroatoms. The van der Waals surface area contributed by atoms with Crippen molar-refractivity contribution in [3.05, 3.63) is 28.2 Å². The van der Waals surface area contributed by atoms with Crippen LogP contribution in [0.15, 0.2) is 18.2 Å². The second-order valence-corrected chi connectivity index (χ2v) is 4.24. The quantitative estimate of drug-likeness (QED) is 0.819. The zero-order valence-electron chi connectivity index (χ0n) is 9.16. The van der Waals surface area contributed by atoms with Gasteiger partial charge in [0.25, 0.3) is 0 Å². The molecule has 0 spiro atoms. The van der Waals surface area contributed by atoms with E-state index < -0.39 is 0 Å². The Balaban J connectivity index is 2.91. The maximum atomic E-state index is 8.61. The lowest BCUT2D eigenvalue weighted by atomic mass is 10.2. The summed E-state index contributed by atoms with van der Waals surface area (Å²) >= 11 is 12.0. The number of hydrogen-bond acceptors (Lipinski definition) is 3. The van der Waals surface area contributed by atoms with Gasteiger partial charge in [-0.25, -0.2) is 0 Å². The Morgan fingerprint density at radius 1 is 1.06 bits per heavy atom. The average Bonchev–Trinajstić information content (AvgIpc) is 2.33. The van der Waals surface area contributed by atoms with Gasteiger partial charge in [0.1, 0.15) is 0 Å². The van der Waals surface area contributed by atoms with E-state index in [4.69, 9.17) is 33.7 Å². The Bertz CT molecular complexity index is 442. The molecule has 0 aromatic heterocycles. The molecule has 0 aliphatic heterocycles. The predicted molar refractivity (Wildman–Crippen MR) is 69.1 cm³/mol. The Morgan fingerprint density at radius 3 is 2.18 bits per heavy atom. The minimum atomic E-state index is 0.383. The lowest BCUT2D eigenvalue weighted by Gasteiger charge is -2.23. The molecule has 0 atom stereocenters. The maximum absolute atomic E-state index is 8.61. The average molecular weight is 268 g/mol. The number of nitriles is 2. The fourth-order valence-electron chi connectivity index (χ4n) is 1.45. The number of nitrogens with zero attached hydrogens (tertiary/aromatic N) is 3. The van der Waals surface area contributed by atoms with Crippen LogP contribution in [-0.4, -0.2) is 13.1 Å². The first-order chi connectivity index (χ1) is 8.19. The molecule has 0 bridgehead atoms. The molecule has 0 N–H and O–H groups in total. The lowest BCUT2D eigenvalue weighted by Crippen LogP contribution is -2.25. The minimum Gasteiger partial charge on any atom is -0.368 e. The van der Waals surface area contributed by atoms with Crippen molar-refractivity contribution >= 4 is 28.9 Å². The summed E-state index contributed by atoms with van der Waals surface area (Å²) in [5.74, 6) is 0. The van der Waals surface area contributed by atoms with E-state index in [9.17, 15) is 0 Å². The maximum Gasteiger partial charge on any atom is 0.0640 e. The Morgan fingerprint density at radius 2 is 1.65 bits per heavy atom. The highest BCUT2D eigenvalue weighted by Crippen LogP contribution is 2.29. The molecular weight excluding hydrogens is 257 g/mol. The molecule has 1 aromatic carbocycles. The minimum absolute atomic E-state index is 0.383. The van der Waals surface area contributed by atoms with Crippen LogP contribution in [0.3, 0.4) is 0 Å². The van der Waals surface area contributed by atoms with E-state index in [1.165, 1.54) is 0 Å². The Kier molecular flexibility index (Phi) is 5.63. The van der Waals surface area contributed by atoms with Crippen molar-refractivity contribution in [2.45, 2.75) is 12.8 Å². The highest BCUT2D eigenvalue weighted by molar-refractivity contribution is 6.35. The fourth-order valence-corrected chi connectivity index (χ4v) is 1.85. The lowest BCUT2D eigenvalue weighted by molar-refractivity contribution is 0.796. The van der Waals surface area contributed by atoms with Crippen molar-refractivity contribution in [2.75, 3.05) is 18.0 Å². The molecule has 0 aliphatic rings. The third-order valence-corrected chi connectivity index (χ3v) is 2.79. The van der Waals surface area contributed by atoms with Crippen molar-refractivity contribution in [2.24, 2.45) is 0 Å². The van der Waals surface area contributed by atoms with Gasteiger partial charge in [0, 0.05) is 18.1 Å². The van der Waals surface area contributed by atoms with Crippen LogP contribution in [-0.2, 0) is 0 Å². The van der Waals surface area contributed by atoms with E-state index in [0.29, 0.717) is 36.0 Å². The summed E-state index contributed by atoms with van der Waals surface area (Å²) in [5, 5.41) is 18.4. The van der Waals surface area contributed by atoms with Gasteiger partial charge in [0.2, 0.25) is 0 Å². The summed E-state index contributed by atoms with van der Waals surface area (Å²) in [4.78, 5) is 1.90. The zero-order chi connectivity index (χ0) is 12.7. The first-order valence-corrected chi connectivity index (χ1v) is 5.88. The molecule has 88 valence electrons. The molecule has 1 aromatic rings. The molecule has 0 unspecified atom stereocenters. The standard InChI is InChI=1S/C12H11Cl2N3/c13-10-3-4-11(14)12(9-10)17(7-1-5-15)8-2-6-16/h3-4,9H,1-2,7-8H2. The predicted octanol–water partition coefficient (Wildman–Crippen LogP) is 3.63. The highest BCUT2D eigenvalue weighted by Gasteiger charge is 2.10. The summed E-state index contributed by atoms with van der Waals surface area (Å²) in [5.41, 5.74) is 0.768. The second-order valence-electron chi connectivity index (χ2n) is 3.40. The topological polar surface area (TPSA) is 50.8 Å². The molecule has 17 heavy (non-hydrogen) atoms. The van der Waals surface area contributed by atoms with Crippen molar-refractivity contribution in [1.82, 2.24) is 0 Å². The third kappa shape index (κ3) is 4.15. The van der Waals surface area contributed by atoms with Gasteiger partial charge in [0.15, 0.2) is 0 Å². The monoisotopic (exact) mass is 267 g/mol. The van der Waals surface area contributed by atoms with Gasteiger partial charge < -0.3 is 4.90 Å². The fraction of sp³-hybridized carbons (Fsp3) is 0.333. The zero-order valence-corrected chi connectivity index (χ0v) is 10.7. The Labute approximate surface area is 111 Å². The molecule has 0 radical (unpaired) electrons. The molecule has 0 aliphatic carbocycles. The van der Waals surface area contributed by atoms with E-state index in [1.807, 2.05) is 4.90 Å². The number of hydrogen-bond donors (Lipinski definition) is 0. The SMILES string of the molecule is N#CCCN(CCC#N)c1cc(Cl)ccc1Cl. The van der Waals surface area contributed by atoms with Crippen molar-refractivity contribution in [3.63, 3.8) is 0 Å². The summed E-state index contributed by atoms with van der Waals surface area (Å²) in [7, 11) is 0. The van der Waals surface area contributed by atoms with Crippen LogP contribution in [0.5, 0.6) is 0 Å². The molecule has 1 rings (SSSR count). The van der Waals surface area contributed by atoms with E-state index in [2.05, 4.69) is 12.1 Å². The van der Waals surface area contributed by atoms with E-state index in [1.54, 1.807) is 18.2 Å². The Hall–Kier alpha value is -1.42. The van der Waals surface area contributed by atoms with Crippen LogP contribution in [0.25, 0.3) is 0 Å². The molecule has 0 fully saturated rings. The van der Waals surface area contributed by atoms with E-state index in [-0.39, 0.29) is 0 Å². The van der Waals surface area contributed by atoms with Crippen LogP contribution >= 0.6 is 23.2 Å². The van der Waals surface area contributed by atoms with Crippen LogP contribution < -0.4 is 4.90 Å². The highest BCUT2D eigenvalue weighted by atomic mass is 35.5. The summed E-state index contributed by atoms with van der Waals surface area (Å²) < 4.78 is 0. The molecule has 0 amide bonds. The van der Waals surface area contributed by atoms with Crippen LogP contribution in [0.2, 0.25) is 10.0 Å². The van der Waals surface area contributed by atoms with Gasteiger partial charge in [-0.1, -0.05) is 23.2 Å². The van der Waals surface area contributed by atoms with Gasteiger partial charge in [-0.15, -0.1) is 0 Å². The van der Waals surface area contributed by atoms with Crippen LogP contribution in [0.4, 0.5) is 5.69 Å². The largest absolute Gasteiger partial charge is 0.368 e. The van der Waals surface area contributed by atoms with Gasteiger partial charge in [-0.05, 0) is 18.2 Å². The number of anilines is 1. The van der Waals surface area contributed by atoms with Gasteiger partial charge in [0.05, 0.1) is 35.7 Å². The van der Waals surface area contributed by atoms with E-state index in [0.717, 1.165) is 5.69 Å². The van der Waals surface area contributed by atoms with Crippen molar-refractivity contribution in [3.8, 4) is 12.1 Å². The summed E-state index contributed by atoms with van der Waals surface area (Å²) in [6.45, 7) is 1.08.